The van der Waals surface area contributed by atoms with Gasteiger partial charge in [-0.15, -0.1) is 0 Å². The molecule has 25 heavy (non-hydrogen) atoms. The van der Waals surface area contributed by atoms with E-state index in [1.807, 2.05) is 18.2 Å². The number of halogens is 2. The summed E-state index contributed by atoms with van der Waals surface area (Å²) >= 11 is 11.7. The van der Waals surface area contributed by atoms with Crippen LogP contribution in [0.5, 0.6) is 0 Å². The highest BCUT2D eigenvalue weighted by Crippen LogP contribution is 2.22. The highest BCUT2D eigenvalue weighted by Gasteiger charge is 2.22. The van der Waals surface area contributed by atoms with Crippen molar-refractivity contribution in [2.75, 3.05) is 6.54 Å². The lowest BCUT2D eigenvalue weighted by Gasteiger charge is -2.26. The van der Waals surface area contributed by atoms with Crippen molar-refractivity contribution in [3.05, 3.63) is 74.0 Å². The predicted molar refractivity (Wildman–Crippen MR) is 96.8 cm³/mol. The van der Waals surface area contributed by atoms with Gasteiger partial charge >= 0.3 is 0 Å². The molecule has 128 valence electrons. The Labute approximate surface area is 154 Å². The first kappa shape index (κ1) is 16.4. The standard InChI is InChI=1S/C18H15Cl2N3O2/c19-12-3-1-11(2-4-12)17-21-15-7-8-23(10-14(15)18(24)22-17)9-13-5-6-16(20)25-13/h1-6H,7-10H2,(H,21,22,24). The molecule has 0 saturated carbocycles. The first-order valence-corrected chi connectivity index (χ1v) is 8.68. The molecule has 0 aliphatic carbocycles. The van der Waals surface area contributed by atoms with Crippen LogP contribution in [-0.2, 0) is 19.5 Å². The highest BCUT2D eigenvalue weighted by atomic mass is 35.5. The summed E-state index contributed by atoms with van der Waals surface area (Å²) in [6, 6.07) is 10.8. The molecule has 3 heterocycles. The molecule has 0 radical (unpaired) electrons. The van der Waals surface area contributed by atoms with Gasteiger partial charge in [-0.25, -0.2) is 4.98 Å². The molecule has 0 fully saturated rings. The van der Waals surface area contributed by atoms with Crippen molar-refractivity contribution in [2.24, 2.45) is 0 Å². The van der Waals surface area contributed by atoms with Crippen LogP contribution in [0.2, 0.25) is 10.2 Å². The van der Waals surface area contributed by atoms with E-state index in [9.17, 15) is 4.79 Å². The van der Waals surface area contributed by atoms with E-state index in [0.717, 1.165) is 23.6 Å². The number of aromatic nitrogens is 2. The van der Waals surface area contributed by atoms with Crippen molar-refractivity contribution >= 4 is 23.2 Å². The molecule has 0 atom stereocenters. The van der Waals surface area contributed by atoms with Gasteiger partial charge in [0, 0.05) is 30.1 Å². The van der Waals surface area contributed by atoms with Gasteiger partial charge in [0.2, 0.25) is 0 Å². The van der Waals surface area contributed by atoms with Gasteiger partial charge in [-0.1, -0.05) is 11.6 Å². The Hall–Kier alpha value is -2.08. The van der Waals surface area contributed by atoms with Crippen molar-refractivity contribution < 1.29 is 4.42 Å². The molecule has 5 nitrogen and oxygen atoms in total. The molecule has 0 spiro atoms. The topological polar surface area (TPSA) is 62.1 Å². The average molecular weight is 376 g/mol. The molecule has 1 N–H and O–H groups in total. The molecule has 3 aromatic rings. The van der Waals surface area contributed by atoms with E-state index in [0.29, 0.717) is 41.1 Å². The molecule has 7 heteroatoms. The summed E-state index contributed by atoms with van der Waals surface area (Å²) in [4.78, 5) is 22.2. The maximum Gasteiger partial charge on any atom is 0.255 e. The third-order valence-electron chi connectivity index (χ3n) is 4.27. The SMILES string of the molecule is O=c1[nH]c(-c2ccc(Cl)cc2)nc2c1CN(Cc1ccc(Cl)o1)CC2. The zero-order chi connectivity index (χ0) is 17.4. The fraction of sp³-hybridized carbons (Fsp3) is 0.222. The molecular formula is C18H15Cl2N3O2. The first-order chi connectivity index (χ1) is 12.1. The number of nitrogens with zero attached hydrogens (tertiary/aromatic N) is 2. The van der Waals surface area contributed by atoms with E-state index in [2.05, 4.69) is 14.9 Å². The molecule has 2 aromatic heterocycles. The number of aromatic amines is 1. The van der Waals surface area contributed by atoms with Crippen molar-refractivity contribution in [1.82, 2.24) is 14.9 Å². The Bertz CT molecular complexity index is 963. The van der Waals surface area contributed by atoms with E-state index in [4.69, 9.17) is 27.6 Å². The highest BCUT2D eigenvalue weighted by molar-refractivity contribution is 6.30. The number of hydrogen-bond donors (Lipinski definition) is 1. The monoisotopic (exact) mass is 375 g/mol. The maximum absolute atomic E-state index is 12.5. The van der Waals surface area contributed by atoms with Gasteiger partial charge in [0.25, 0.3) is 5.56 Å². The van der Waals surface area contributed by atoms with Crippen LogP contribution in [0.25, 0.3) is 11.4 Å². The van der Waals surface area contributed by atoms with Crippen LogP contribution in [0.15, 0.2) is 45.6 Å². The van der Waals surface area contributed by atoms with Crippen LogP contribution >= 0.6 is 23.2 Å². The Balaban J connectivity index is 1.59. The van der Waals surface area contributed by atoms with Gasteiger partial charge in [-0.2, -0.15) is 0 Å². The number of benzene rings is 1. The van der Waals surface area contributed by atoms with E-state index < -0.39 is 0 Å². The molecule has 0 bridgehead atoms. The molecule has 0 unspecified atom stereocenters. The quantitative estimate of drug-likeness (QED) is 0.753. The zero-order valence-corrected chi connectivity index (χ0v) is 14.8. The predicted octanol–water partition coefficient (Wildman–Crippen LogP) is 3.90. The Morgan fingerprint density at radius 1 is 1.16 bits per heavy atom. The number of furan rings is 1. The molecule has 1 aliphatic rings. The Kier molecular flexibility index (Phi) is 4.37. The Morgan fingerprint density at radius 2 is 1.96 bits per heavy atom. The number of rotatable bonds is 3. The van der Waals surface area contributed by atoms with Crippen LogP contribution in [0.4, 0.5) is 0 Å². The summed E-state index contributed by atoms with van der Waals surface area (Å²) < 4.78 is 5.40. The minimum Gasteiger partial charge on any atom is -0.448 e. The summed E-state index contributed by atoms with van der Waals surface area (Å²) in [6.45, 7) is 1.96. The van der Waals surface area contributed by atoms with Crippen LogP contribution in [0.3, 0.4) is 0 Å². The number of hydrogen-bond acceptors (Lipinski definition) is 4. The van der Waals surface area contributed by atoms with Crippen molar-refractivity contribution in [3.63, 3.8) is 0 Å². The van der Waals surface area contributed by atoms with Crippen molar-refractivity contribution in [1.29, 1.82) is 0 Å². The van der Waals surface area contributed by atoms with Crippen LogP contribution in [0.1, 0.15) is 17.0 Å². The van der Waals surface area contributed by atoms with Crippen LogP contribution in [-0.4, -0.2) is 21.4 Å². The van der Waals surface area contributed by atoms with Gasteiger partial charge in [0.15, 0.2) is 5.22 Å². The van der Waals surface area contributed by atoms with Crippen LogP contribution < -0.4 is 5.56 Å². The summed E-state index contributed by atoms with van der Waals surface area (Å²) in [7, 11) is 0. The summed E-state index contributed by atoms with van der Waals surface area (Å²) in [5.41, 5.74) is 2.30. The van der Waals surface area contributed by atoms with Crippen molar-refractivity contribution in [3.8, 4) is 11.4 Å². The fourth-order valence-corrected chi connectivity index (χ4v) is 3.31. The minimum absolute atomic E-state index is 0.0999. The first-order valence-electron chi connectivity index (χ1n) is 7.93. The van der Waals surface area contributed by atoms with E-state index in [1.165, 1.54) is 0 Å². The van der Waals surface area contributed by atoms with Gasteiger partial charge in [-0.3, -0.25) is 9.69 Å². The van der Waals surface area contributed by atoms with Gasteiger partial charge in [0.1, 0.15) is 11.6 Å². The molecule has 0 saturated heterocycles. The number of nitrogens with one attached hydrogen (secondary N) is 1. The largest absolute Gasteiger partial charge is 0.448 e. The van der Waals surface area contributed by atoms with E-state index in [1.54, 1.807) is 18.2 Å². The number of H-pyrrole nitrogens is 1. The van der Waals surface area contributed by atoms with Gasteiger partial charge < -0.3 is 9.40 Å². The average Bonchev–Trinajstić information content (AvgIpc) is 3.01. The third kappa shape index (κ3) is 3.49. The van der Waals surface area contributed by atoms with E-state index >= 15 is 0 Å². The second kappa shape index (κ2) is 6.67. The normalized spacial score (nSPS) is 14.5. The Morgan fingerprint density at radius 3 is 2.68 bits per heavy atom. The molecule has 0 amide bonds. The van der Waals surface area contributed by atoms with Gasteiger partial charge in [0.05, 0.1) is 17.8 Å². The lowest BCUT2D eigenvalue weighted by Crippen LogP contribution is -2.35. The lowest BCUT2D eigenvalue weighted by molar-refractivity contribution is 0.222. The summed E-state index contributed by atoms with van der Waals surface area (Å²) in [6.07, 6.45) is 0.717. The molecular weight excluding hydrogens is 361 g/mol. The molecule has 1 aromatic carbocycles. The van der Waals surface area contributed by atoms with E-state index in [-0.39, 0.29) is 5.56 Å². The number of fused-ring (bicyclic) bond motifs is 1. The van der Waals surface area contributed by atoms with Gasteiger partial charge in [-0.05, 0) is 48.0 Å². The van der Waals surface area contributed by atoms with Crippen molar-refractivity contribution in [2.45, 2.75) is 19.5 Å². The fourth-order valence-electron chi connectivity index (χ4n) is 3.02. The smallest absolute Gasteiger partial charge is 0.255 e. The summed E-state index contributed by atoms with van der Waals surface area (Å²) in [5.74, 6) is 1.36. The lowest BCUT2D eigenvalue weighted by atomic mass is 10.1. The zero-order valence-electron chi connectivity index (χ0n) is 13.3. The summed E-state index contributed by atoms with van der Waals surface area (Å²) in [5, 5.41) is 1.03. The molecule has 4 rings (SSSR count). The molecule has 1 aliphatic heterocycles. The second-order valence-corrected chi connectivity index (χ2v) is 6.82. The maximum atomic E-state index is 12.5. The van der Waals surface area contributed by atoms with Crippen LogP contribution in [0, 0.1) is 0 Å². The second-order valence-electron chi connectivity index (χ2n) is 6.01. The third-order valence-corrected chi connectivity index (χ3v) is 4.73. The minimum atomic E-state index is -0.0999.